The molecule has 6 heteroatoms. The highest BCUT2D eigenvalue weighted by Gasteiger charge is 2.41. The van der Waals surface area contributed by atoms with Crippen LogP contribution in [-0.4, -0.2) is 58.5 Å². The molecule has 4 heterocycles. The standard InChI is InChI=1S/C23H31N5O/c1-17-7-8-20-21(25-17)23(2,3)16-28(20)22(29)27-12-9-19(10-13-27)26(4)15-18-6-5-11-24-14-18/h5-8,11,14,19H,9-10,12-13,15-16H2,1-4H3. The Kier molecular flexibility index (Phi) is 5.30. The molecule has 0 aliphatic carbocycles. The van der Waals surface area contributed by atoms with E-state index in [9.17, 15) is 4.79 Å². The molecule has 0 unspecified atom stereocenters. The van der Waals surface area contributed by atoms with Crippen LogP contribution in [0.3, 0.4) is 0 Å². The molecular weight excluding hydrogens is 362 g/mol. The Morgan fingerprint density at radius 1 is 1.24 bits per heavy atom. The molecule has 1 saturated heterocycles. The van der Waals surface area contributed by atoms with E-state index in [2.05, 4.69) is 42.9 Å². The summed E-state index contributed by atoms with van der Waals surface area (Å²) in [6, 6.07) is 8.77. The first-order valence-electron chi connectivity index (χ1n) is 10.5. The molecule has 2 aromatic rings. The summed E-state index contributed by atoms with van der Waals surface area (Å²) in [6.07, 6.45) is 5.73. The molecular formula is C23H31N5O. The summed E-state index contributed by atoms with van der Waals surface area (Å²) >= 11 is 0. The van der Waals surface area contributed by atoms with Gasteiger partial charge in [0.05, 0.1) is 11.4 Å². The van der Waals surface area contributed by atoms with Crippen LogP contribution in [0, 0.1) is 6.92 Å². The van der Waals surface area contributed by atoms with E-state index in [0.29, 0.717) is 12.6 Å². The zero-order chi connectivity index (χ0) is 20.6. The van der Waals surface area contributed by atoms with Gasteiger partial charge < -0.3 is 4.90 Å². The molecule has 1 fully saturated rings. The van der Waals surface area contributed by atoms with Crippen LogP contribution in [0.25, 0.3) is 0 Å². The molecule has 154 valence electrons. The van der Waals surface area contributed by atoms with Crippen molar-refractivity contribution >= 4 is 11.7 Å². The summed E-state index contributed by atoms with van der Waals surface area (Å²) in [4.78, 5) is 28.6. The third-order valence-corrected chi connectivity index (χ3v) is 6.24. The summed E-state index contributed by atoms with van der Waals surface area (Å²) in [5, 5.41) is 0. The van der Waals surface area contributed by atoms with Gasteiger partial charge in [-0.2, -0.15) is 0 Å². The normalized spacial score (nSPS) is 18.9. The Labute approximate surface area is 173 Å². The van der Waals surface area contributed by atoms with E-state index in [1.807, 2.05) is 41.2 Å². The smallest absolute Gasteiger partial charge is 0.324 e. The molecule has 0 saturated carbocycles. The number of hydrogen-bond donors (Lipinski definition) is 0. The van der Waals surface area contributed by atoms with Crippen molar-refractivity contribution in [1.82, 2.24) is 19.8 Å². The fourth-order valence-electron chi connectivity index (χ4n) is 4.57. The predicted octanol–water partition coefficient (Wildman–Crippen LogP) is 3.60. The summed E-state index contributed by atoms with van der Waals surface area (Å²) in [7, 11) is 2.17. The maximum atomic E-state index is 13.3. The molecule has 0 spiro atoms. The predicted molar refractivity (Wildman–Crippen MR) is 115 cm³/mol. The Balaban J connectivity index is 1.39. The lowest BCUT2D eigenvalue weighted by molar-refractivity contribution is 0.133. The van der Waals surface area contributed by atoms with Crippen LogP contribution in [-0.2, 0) is 12.0 Å². The number of piperidine rings is 1. The van der Waals surface area contributed by atoms with Gasteiger partial charge >= 0.3 is 6.03 Å². The molecule has 0 N–H and O–H groups in total. The van der Waals surface area contributed by atoms with Gasteiger partial charge in [0.2, 0.25) is 0 Å². The number of pyridine rings is 2. The van der Waals surface area contributed by atoms with Crippen LogP contribution >= 0.6 is 0 Å². The van der Waals surface area contributed by atoms with Crippen LogP contribution in [0.15, 0.2) is 36.7 Å². The van der Waals surface area contributed by atoms with Gasteiger partial charge in [-0.25, -0.2) is 4.79 Å². The average Bonchev–Trinajstić information content (AvgIpc) is 2.98. The van der Waals surface area contributed by atoms with Crippen LogP contribution in [0.5, 0.6) is 0 Å². The molecule has 0 radical (unpaired) electrons. The van der Waals surface area contributed by atoms with Crippen molar-refractivity contribution in [3.05, 3.63) is 53.6 Å². The Bertz CT molecular complexity index is 874. The second-order valence-electron chi connectivity index (χ2n) is 9.07. The first-order valence-corrected chi connectivity index (χ1v) is 10.5. The van der Waals surface area contributed by atoms with E-state index in [1.165, 1.54) is 5.56 Å². The number of carbonyl (C=O) groups is 1. The highest BCUT2D eigenvalue weighted by Crippen LogP contribution is 2.39. The Morgan fingerprint density at radius 3 is 2.69 bits per heavy atom. The van der Waals surface area contributed by atoms with Gasteiger partial charge in [0, 0.05) is 55.7 Å². The third kappa shape index (κ3) is 3.99. The van der Waals surface area contributed by atoms with E-state index in [1.54, 1.807) is 0 Å². The molecule has 4 rings (SSSR count). The highest BCUT2D eigenvalue weighted by atomic mass is 16.2. The van der Waals surface area contributed by atoms with Gasteiger partial charge in [-0.15, -0.1) is 0 Å². The largest absolute Gasteiger partial charge is 0.324 e. The molecule has 0 atom stereocenters. The van der Waals surface area contributed by atoms with Gasteiger partial charge in [0.25, 0.3) is 0 Å². The first kappa shape index (κ1) is 19.8. The van der Waals surface area contributed by atoms with Crippen molar-refractivity contribution < 1.29 is 4.79 Å². The molecule has 29 heavy (non-hydrogen) atoms. The number of likely N-dealkylation sites (tertiary alicyclic amines) is 1. The molecule has 6 nitrogen and oxygen atoms in total. The van der Waals surface area contributed by atoms with Crippen LogP contribution in [0.4, 0.5) is 10.5 Å². The molecule has 2 aromatic heterocycles. The lowest BCUT2D eigenvalue weighted by atomic mass is 9.91. The van der Waals surface area contributed by atoms with Gasteiger partial charge in [-0.1, -0.05) is 19.9 Å². The highest BCUT2D eigenvalue weighted by molar-refractivity contribution is 5.94. The number of rotatable bonds is 3. The molecule has 0 aromatic carbocycles. The Morgan fingerprint density at radius 2 is 2.00 bits per heavy atom. The van der Waals surface area contributed by atoms with Crippen LogP contribution in [0.1, 0.15) is 43.6 Å². The first-order chi connectivity index (χ1) is 13.8. The van der Waals surface area contributed by atoms with E-state index < -0.39 is 0 Å². The minimum absolute atomic E-state index is 0.112. The number of nitrogens with zero attached hydrogens (tertiary/aromatic N) is 5. The van der Waals surface area contributed by atoms with E-state index in [-0.39, 0.29) is 11.4 Å². The van der Waals surface area contributed by atoms with Crippen molar-refractivity contribution in [2.24, 2.45) is 0 Å². The SMILES string of the molecule is Cc1ccc2c(n1)C(C)(C)CN2C(=O)N1CCC(N(C)Cc2cccnc2)CC1. The number of carbonyl (C=O) groups excluding carboxylic acids is 1. The molecule has 2 aliphatic rings. The number of amides is 2. The van der Waals surface area contributed by atoms with Crippen molar-refractivity contribution in [1.29, 1.82) is 0 Å². The van der Waals surface area contributed by atoms with Crippen molar-refractivity contribution in [3.63, 3.8) is 0 Å². The summed E-state index contributed by atoms with van der Waals surface area (Å²) in [6.45, 7) is 9.53. The lowest BCUT2D eigenvalue weighted by Crippen LogP contribution is -2.50. The van der Waals surface area contributed by atoms with Gasteiger partial charge in [-0.05, 0) is 50.6 Å². The van der Waals surface area contributed by atoms with E-state index in [0.717, 1.165) is 49.6 Å². The topological polar surface area (TPSA) is 52.6 Å². The molecule has 2 aliphatic heterocycles. The quantitative estimate of drug-likeness (QED) is 0.800. The fourth-order valence-corrected chi connectivity index (χ4v) is 4.57. The van der Waals surface area contributed by atoms with Crippen molar-refractivity contribution in [3.8, 4) is 0 Å². The number of fused-ring (bicyclic) bond motifs is 1. The minimum Gasteiger partial charge on any atom is -0.324 e. The van der Waals surface area contributed by atoms with E-state index >= 15 is 0 Å². The maximum Gasteiger partial charge on any atom is 0.324 e. The second-order valence-corrected chi connectivity index (χ2v) is 9.07. The summed E-state index contributed by atoms with van der Waals surface area (Å²) < 4.78 is 0. The molecule has 0 bridgehead atoms. The lowest BCUT2D eigenvalue weighted by Gasteiger charge is -2.38. The third-order valence-electron chi connectivity index (χ3n) is 6.24. The minimum atomic E-state index is -0.112. The molecule has 2 amide bonds. The number of aromatic nitrogens is 2. The summed E-state index contributed by atoms with van der Waals surface area (Å²) in [5.74, 6) is 0. The number of anilines is 1. The average molecular weight is 394 g/mol. The summed E-state index contributed by atoms with van der Waals surface area (Å²) in [5.41, 5.74) is 4.13. The van der Waals surface area contributed by atoms with Gasteiger partial charge in [0.1, 0.15) is 0 Å². The zero-order valence-electron chi connectivity index (χ0n) is 17.9. The number of urea groups is 1. The van der Waals surface area contributed by atoms with Crippen molar-refractivity contribution in [2.75, 3.05) is 31.6 Å². The van der Waals surface area contributed by atoms with Crippen molar-refractivity contribution in [2.45, 2.75) is 51.6 Å². The maximum absolute atomic E-state index is 13.3. The number of hydrogen-bond acceptors (Lipinski definition) is 4. The van der Waals surface area contributed by atoms with Crippen LogP contribution in [0.2, 0.25) is 0 Å². The zero-order valence-corrected chi connectivity index (χ0v) is 17.9. The van der Waals surface area contributed by atoms with Gasteiger partial charge in [0.15, 0.2) is 0 Å². The second kappa shape index (κ2) is 7.75. The number of aryl methyl sites for hydroxylation is 1. The van der Waals surface area contributed by atoms with E-state index in [4.69, 9.17) is 4.98 Å². The van der Waals surface area contributed by atoms with Gasteiger partial charge in [-0.3, -0.25) is 19.8 Å². The Hall–Kier alpha value is -2.47. The monoisotopic (exact) mass is 393 g/mol. The fraction of sp³-hybridized carbons (Fsp3) is 0.522. The van der Waals surface area contributed by atoms with Crippen LogP contribution < -0.4 is 4.90 Å².